The van der Waals surface area contributed by atoms with Crippen molar-refractivity contribution in [3.8, 4) is 0 Å². The summed E-state index contributed by atoms with van der Waals surface area (Å²) in [7, 11) is 0. The van der Waals surface area contributed by atoms with Crippen LogP contribution in [0.4, 0.5) is 11.4 Å². The molecule has 3 aromatic carbocycles. The Hall–Kier alpha value is -2.91. The fourth-order valence-corrected chi connectivity index (χ4v) is 3.15. The normalized spacial score (nSPS) is 14.8. The maximum atomic E-state index is 13.0. The molecule has 3 nitrogen and oxygen atoms in total. The number of benzene rings is 3. The minimum absolute atomic E-state index is 0.107. The molecule has 0 saturated heterocycles. The van der Waals surface area contributed by atoms with Gasteiger partial charge >= 0.3 is 0 Å². The molecule has 1 aliphatic rings. The number of hydrogen-bond acceptors (Lipinski definition) is 2. The minimum atomic E-state index is -0.107. The van der Waals surface area contributed by atoms with Crippen LogP contribution in [0.15, 0.2) is 83.9 Å². The number of nitrogens with zero attached hydrogens (tertiary/aromatic N) is 2. The van der Waals surface area contributed by atoms with Crippen molar-refractivity contribution in [1.29, 1.82) is 0 Å². The Kier molecular flexibility index (Phi) is 4.08. The number of halogens is 1. The van der Waals surface area contributed by atoms with Gasteiger partial charge in [-0.2, -0.15) is 0 Å². The van der Waals surface area contributed by atoms with Crippen LogP contribution in [0.25, 0.3) is 0 Å². The summed E-state index contributed by atoms with van der Waals surface area (Å²) < 4.78 is 0. The third kappa shape index (κ3) is 2.94. The summed E-state index contributed by atoms with van der Waals surface area (Å²) in [6.07, 6.45) is 0. The molecular weight excluding hydrogens is 332 g/mol. The first-order valence-corrected chi connectivity index (χ1v) is 8.40. The van der Waals surface area contributed by atoms with E-state index in [0.717, 1.165) is 22.5 Å². The topological polar surface area (TPSA) is 32.7 Å². The van der Waals surface area contributed by atoms with Crippen molar-refractivity contribution >= 4 is 34.6 Å². The SMILES string of the molecule is O=C1C(=Nc2ccccc2)c2ccccc2N1Cc1ccccc1Cl. The number of anilines is 1. The number of hydrogen-bond donors (Lipinski definition) is 0. The summed E-state index contributed by atoms with van der Waals surface area (Å²) in [6.45, 7) is 0.420. The summed E-state index contributed by atoms with van der Waals surface area (Å²) in [5.41, 5.74) is 3.85. The van der Waals surface area contributed by atoms with E-state index in [1.165, 1.54) is 0 Å². The fraction of sp³-hybridized carbons (Fsp3) is 0.0476. The number of para-hydroxylation sites is 2. The number of carbonyl (C=O) groups excluding carboxylic acids is 1. The minimum Gasteiger partial charge on any atom is -0.302 e. The Morgan fingerprint density at radius 2 is 1.52 bits per heavy atom. The average molecular weight is 347 g/mol. The molecule has 4 heteroatoms. The lowest BCUT2D eigenvalue weighted by molar-refractivity contribution is -0.112. The fourth-order valence-electron chi connectivity index (χ4n) is 2.96. The van der Waals surface area contributed by atoms with Crippen LogP contribution >= 0.6 is 11.6 Å². The molecule has 0 fully saturated rings. The number of amides is 1. The molecule has 122 valence electrons. The van der Waals surface area contributed by atoms with Gasteiger partial charge in [0, 0.05) is 10.6 Å². The molecule has 1 heterocycles. The Bertz CT molecular complexity index is 966. The van der Waals surface area contributed by atoms with E-state index in [4.69, 9.17) is 11.6 Å². The van der Waals surface area contributed by atoms with Crippen molar-refractivity contribution in [2.45, 2.75) is 6.54 Å². The van der Waals surface area contributed by atoms with Crippen molar-refractivity contribution in [3.05, 3.63) is 95.0 Å². The van der Waals surface area contributed by atoms with E-state index in [2.05, 4.69) is 4.99 Å². The molecule has 0 aromatic heterocycles. The summed E-state index contributed by atoms with van der Waals surface area (Å²) in [6, 6.07) is 24.8. The number of carbonyl (C=O) groups is 1. The van der Waals surface area contributed by atoms with E-state index in [-0.39, 0.29) is 5.91 Å². The molecule has 0 aliphatic carbocycles. The highest BCUT2D eigenvalue weighted by molar-refractivity contribution is 6.54. The lowest BCUT2D eigenvalue weighted by Gasteiger charge is -2.17. The Morgan fingerprint density at radius 3 is 2.32 bits per heavy atom. The van der Waals surface area contributed by atoms with Gasteiger partial charge in [0.1, 0.15) is 5.71 Å². The van der Waals surface area contributed by atoms with E-state index in [1.807, 2.05) is 78.9 Å². The van der Waals surface area contributed by atoms with Crippen molar-refractivity contribution in [2.24, 2.45) is 4.99 Å². The first kappa shape index (κ1) is 15.6. The molecule has 3 aromatic rings. The number of fused-ring (bicyclic) bond motifs is 1. The van der Waals surface area contributed by atoms with Gasteiger partial charge in [-0.3, -0.25) is 4.79 Å². The van der Waals surface area contributed by atoms with E-state index >= 15 is 0 Å². The Morgan fingerprint density at radius 1 is 0.840 bits per heavy atom. The van der Waals surface area contributed by atoms with E-state index in [0.29, 0.717) is 17.3 Å². The Labute approximate surface area is 151 Å². The van der Waals surface area contributed by atoms with Gasteiger partial charge in [-0.15, -0.1) is 0 Å². The van der Waals surface area contributed by atoms with Gasteiger partial charge < -0.3 is 4.90 Å². The highest BCUT2D eigenvalue weighted by Crippen LogP contribution is 2.32. The van der Waals surface area contributed by atoms with E-state index in [1.54, 1.807) is 4.90 Å². The predicted molar refractivity (Wildman–Crippen MR) is 102 cm³/mol. The standard InChI is InChI=1S/C21H15ClN2O/c22-18-12-6-4-8-15(18)14-24-19-13-7-5-11-17(19)20(21(24)25)23-16-9-2-1-3-10-16/h1-13H,14H2. The summed E-state index contributed by atoms with van der Waals surface area (Å²) in [5.74, 6) is -0.107. The van der Waals surface area contributed by atoms with Crippen LogP contribution in [-0.4, -0.2) is 11.6 Å². The van der Waals surface area contributed by atoms with Crippen molar-refractivity contribution in [3.63, 3.8) is 0 Å². The quantitative estimate of drug-likeness (QED) is 0.656. The molecule has 0 bridgehead atoms. The van der Waals surface area contributed by atoms with Gasteiger partial charge in [-0.1, -0.05) is 66.2 Å². The smallest absolute Gasteiger partial charge is 0.277 e. The van der Waals surface area contributed by atoms with Gasteiger partial charge in [-0.25, -0.2) is 4.99 Å². The van der Waals surface area contributed by atoms with Crippen molar-refractivity contribution in [2.75, 3.05) is 4.90 Å². The van der Waals surface area contributed by atoms with Crippen LogP contribution in [-0.2, 0) is 11.3 Å². The van der Waals surface area contributed by atoms with Crippen LogP contribution in [0.1, 0.15) is 11.1 Å². The predicted octanol–water partition coefficient (Wildman–Crippen LogP) is 5.01. The van der Waals surface area contributed by atoms with Crippen LogP contribution in [0, 0.1) is 0 Å². The summed E-state index contributed by atoms with van der Waals surface area (Å²) >= 11 is 6.28. The lowest BCUT2D eigenvalue weighted by Crippen LogP contribution is -2.29. The third-order valence-corrected chi connectivity index (χ3v) is 4.55. The molecular formula is C21H15ClN2O. The third-order valence-electron chi connectivity index (χ3n) is 4.18. The highest BCUT2D eigenvalue weighted by Gasteiger charge is 2.33. The summed E-state index contributed by atoms with van der Waals surface area (Å²) in [4.78, 5) is 19.4. The van der Waals surface area contributed by atoms with Crippen LogP contribution in [0.3, 0.4) is 0 Å². The molecule has 25 heavy (non-hydrogen) atoms. The second-order valence-electron chi connectivity index (χ2n) is 5.80. The van der Waals surface area contributed by atoms with Gasteiger partial charge in [0.15, 0.2) is 0 Å². The Balaban J connectivity index is 1.77. The second-order valence-corrected chi connectivity index (χ2v) is 6.20. The monoisotopic (exact) mass is 346 g/mol. The van der Waals surface area contributed by atoms with Crippen LogP contribution < -0.4 is 4.90 Å². The molecule has 1 amide bonds. The second kappa shape index (κ2) is 6.54. The van der Waals surface area contributed by atoms with Crippen LogP contribution in [0.2, 0.25) is 5.02 Å². The summed E-state index contributed by atoms with van der Waals surface area (Å²) in [5, 5.41) is 0.654. The van der Waals surface area contributed by atoms with E-state index < -0.39 is 0 Å². The zero-order valence-corrected chi connectivity index (χ0v) is 14.1. The van der Waals surface area contributed by atoms with Gasteiger partial charge in [0.2, 0.25) is 0 Å². The molecule has 1 aliphatic heterocycles. The largest absolute Gasteiger partial charge is 0.302 e. The molecule has 0 atom stereocenters. The molecule has 0 spiro atoms. The maximum Gasteiger partial charge on any atom is 0.277 e. The van der Waals surface area contributed by atoms with Crippen LogP contribution in [0.5, 0.6) is 0 Å². The maximum absolute atomic E-state index is 13.0. The highest BCUT2D eigenvalue weighted by atomic mass is 35.5. The van der Waals surface area contributed by atoms with Gasteiger partial charge in [0.05, 0.1) is 17.9 Å². The molecule has 0 N–H and O–H groups in total. The first-order chi connectivity index (χ1) is 12.2. The van der Waals surface area contributed by atoms with Crippen molar-refractivity contribution < 1.29 is 4.79 Å². The van der Waals surface area contributed by atoms with Gasteiger partial charge in [-0.05, 0) is 29.8 Å². The van der Waals surface area contributed by atoms with E-state index in [9.17, 15) is 4.79 Å². The number of aliphatic imine (C=N–C) groups is 1. The molecule has 4 rings (SSSR count). The molecule has 0 unspecified atom stereocenters. The zero-order valence-electron chi connectivity index (χ0n) is 13.4. The van der Waals surface area contributed by atoms with Gasteiger partial charge in [0.25, 0.3) is 5.91 Å². The first-order valence-electron chi connectivity index (χ1n) is 8.02. The number of rotatable bonds is 3. The molecule has 0 radical (unpaired) electrons. The molecule has 0 saturated carbocycles. The van der Waals surface area contributed by atoms with Crippen molar-refractivity contribution in [1.82, 2.24) is 0 Å². The lowest BCUT2D eigenvalue weighted by atomic mass is 10.1. The zero-order chi connectivity index (χ0) is 17.2. The average Bonchev–Trinajstić information content (AvgIpc) is 2.90.